The summed E-state index contributed by atoms with van der Waals surface area (Å²) in [7, 11) is 0. The number of amides is 2. The zero-order valence-electron chi connectivity index (χ0n) is 19.2. The van der Waals surface area contributed by atoms with Crippen LogP contribution in [0.2, 0.25) is 0 Å². The van der Waals surface area contributed by atoms with Gasteiger partial charge in [-0.25, -0.2) is 9.59 Å². The van der Waals surface area contributed by atoms with Gasteiger partial charge in [0.25, 0.3) is 0 Å². The third-order valence-electron chi connectivity index (χ3n) is 6.76. The van der Waals surface area contributed by atoms with Gasteiger partial charge in [0.15, 0.2) is 0 Å². The Balaban J connectivity index is 1.35. The zero-order valence-corrected chi connectivity index (χ0v) is 19.2. The van der Waals surface area contributed by atoms with E-state index in [0.717, 1.165) is 22.3 Å². The molecule has 1 heterocycles. The molecular formula is C26H30N2O5. The van der Waals surface area contributed by atoms with Crippen molar-refractivity contribution in [2.24, 2.45) is 5.41 Å². The molecule has 2 atom stereocenters. The predicted molar refractivity (Wildman–Crippen MR) is 124 cm³/mol. The molecule has 1 aliphatic carbocycles. The van der Waals surface area contributed by atoms with Crippen LogP contribution in [0.4, 0.5) is 4.79 Å². The van der Waals surface area contributed by atoms with Gasteiger partial charge < -0.3 is 20.1 Å². The SMILES string of the molecule is CC[C@@H](CC(=O)N1CC(C)(C)C1C(=O)O)NC(=O)OCC1c2ccccc2-c2ccccc21. The third kappa shape index (κ3) is 4.32. The predicted octanol–water partition coefficient (Wildman–Crippen LogP) is 4.02. The molecular weight excluding hydrogens is 420 g/mol. The summed E-state index contributed by atoms with van der Waals surface area (Å²) in [5.41, 5.74) is 4.13. The first kappa shape index (κ1) is 22.8. The Bertz CT molecular complexity index is 1030. The largest absolute Gasteiger partial charge is 0.480 e. The molecule has 7 nitrogen and oxygen atoms in total. The molecule has 1 saturated heterocycles. The van der Waals surface area contributed by atoms with Crippen molar-refractivity contribution in [1.82, 2.24) is 10.2 Å². The molecule has 2 aromatic rings. The van der Waals surface area contributed by atoms with E-state index in [1.54, 1.807) is 0 Å². The number of nitrogens with zero attached hydrogens (tertiary/aromatic N) is 1. The van der Waals surface area contributed by atoms with Gasteiger partial charge in [0.2, 0.25) is 5.91 Å². The molecule has 2 aliphatic rings. The van der Waals surface area contributed by atoms with Gasteiger partial charge in [0.1, 0.15) is 12.6 Å². The van der Waals surface area contributed by atoms with E-state index in [4.69, 9.17) is 4.74 Å². The van der Waals surface area contributed by atoms with Crippen molar-refractivity contribution in [2.75, 3.05) is 13.2 Å². The number of carbonyl (C=O) groups is 3. The normalized spacial score (nSPS) is 19.1. The van der Waals surface area contributed by atoms with Gasteiger partial charge in [-0.05, 0) is 28.7 Å². The fraction of sp³-hybridized carbons (Fsp3) is 0.423. The second-order valence-electron chi connectivity index (χ2n) is 9.53. The number of nitrogens with one attached hydrogen (secondary N) is 1. The third-order valence-corrected chi connectivity index (χ3v) is 6.76. The van der Waals surface area contributed by atoms with Crippen LogP contribution in [0.5, 0.6) is 0 Å². The zero-order chi connectivity index (χ0) is 23.8. The first-order valence-corrected chi connectivity index (χ1v) is 11.4. The molecule has 7 heteroatoms. The molecule has 0 bridgehead atoms. The molecule has 174 valence electrons. The Morgan fingerprint density at radius 2 is 1.67 bits per heavy atom. The van der Waals surface area contributed by atoms with Gasteiger partial charge in [-0.1, -0.05) is 69.3 Å². The van der Waals surface area contributed by atoms with Crippen LogP contribution in [0.25, 0.3) is 11.1 Å². The standard InChI is InChI=1S/C26H30N2O5/c1-4-16(13-22(29)28-15-26(2,3)23(28)24(30)31)27-25(32)33-14-21-19-11-7-5-9-17(19)18-10-6-8-12-20(18)21/h5-12,16,21,23H,4,13-15H2,1-3H3,(H,27,32)(H,30,31)/t16-,23?/m0/s1. The number of ether oxygens (including phenoxy) is 1. The van der Waals surface area contributed by atoms with Crippen molar-refractivity contribution in [2.45, 2.75) is 51.6 Å². The van der Waals surface area contributed by atoms with Gasteiger partial charge in [-0.15, -0.1) is 0 Å². The number of rotatable bonds is 7. The van der Waals surface area contributed by atoms with Crippen LogP contribution in [-0.2, 0) is 14.3 Å². The quantitative estimate of drug-likeness (QED) is 0.664. The number of carboxylic acids is 1. The first-order chi connectivity index (χ1) is 15.7. The lowest BCUT2D eigenvalue weighted by Crippen LogP contribution is -2.67. The van der Waals surface area contributed by atoms with Crippen molar-refractivity contribution in [3.8, 4) is 11.1 Å². The highest BCUT2D eigenvalue weighted by Gasteiger charge is 2.52. The van der Waals surface area contributed by atoms with E-state index in [2.05, 4.69) is 29.6 Å². The Morgan fingerprint density at radius 3 is 2.18 bits per heavy atom. The van der Waals surface area contributed by atoms with Crippen molar-refractivity contribution < 1.29 is 24.2 Å². The fourth-order valence-corrected chi connectivity index (χ4v) is 5.06. The van der Waals surface area contributed by atoms with Gasteiger partial charge in [-0.2, -0.15) is 0 Å². The summed E-state index contributed by atoms with van der Waals surface area (Å²) < 4.78 is 5.58. The molecule has 2 aromatic carbocycles. The van der Waals surface area contributed by atoms with E-state index in [1.165, 1.54) is 4.90 Å². The smallest absolute Gasteiger partial charge is 0.407 e. The maximum absolute atomic E-state index is 12.7. The summed E-state index contributed by atoms with van der Waals surface area (Å²) in [4.78, 5) is 38.2. The Kier molecular flexibility index (Phi) is 6.15. The molecule has 0 radical (unpaired) electrons. The Morgan fingerprint density at radius 1 is 1.09 bits per heavy atom. The van der Waals surface area contributed by atoms with Gasteiger partial charge in [-0.3, -0.25) is 4.79 Å². The number of carbonyl (C=O) groups excluding carboxylic acids is 2. The number of benzene rings is 2. The van der Waals surface area contributed by atoms with Crippen molar-refractivity contribution in [3.05, 3.63) is 59.7 Å². The van der Waals surface area contributed by atoms with E-state index in [1.807, 2.05) is 45.0 Å². The van der Waals surface area contributed by atoms with E-state index in [0.29, 0.717) is 13.0 Å². The second kappa shape index (κ2) is 8.89. The Labute approximate surface area is 193 Å². The second-order valence-corrected chi connectivity index (χ2v) is 9.53. The first-order valence-electron chi connectivity index (χ1n) is 11.4. The number of hydrogen-bond donors (Lipinski definition) is 2. The number of fused-ring (bicyclic) bond motifs is 3. The number of alkyl carbamates (subject to hydrolysis) is 1. The number of likely N-dealkylation sites (tertiary alicyclic amines) is 1. The molecule has 0 spiro atoms. The summed E-state index contributed by atoms with van der Waals surface area (Å²) in [5, 5.41) is 12.2. The van der Waals surface area contributed by atoms with Crippen LogP contribution in [-0.4, -0.2) is 53.2 Å². The van der Waals surface area contributed by atoms with E-state index in [9.17, 15) is 19.5 Å². The molecule has 1 unspecified atom stereocenters. The van der Waals surface area contributed by atoms with Crippen molar-refractivity contribution in [1.29, 1.82) is 0 Å². The average Bonchev–Trinajstić information content (AvgIpc) is 3.09. The lowest BCUT2D eigenvalue weighted by Gasteiger charge is -2.51. The molecule has 0 saturated carbocycles. The highest BCUT2D eigenvalue weighted by Crippen LogP contribution is 2.44. The van der Waals surface area contributed by atoms with E-state index >= 15 is 0 Å². The number of carboxylic acid groups (broad SMARTS) is 1. The lowest BCUT2D eigenvalue weighted by atomic mass is 9.74. The summed E-state index contributed by atoms with van der Waals surface area (Å²) in [6.45, 7) is 6.13. The summed E-state index contributed by atoms with van der Waals surface area (Å²) in [5.74, 6) is -1.31. The maximum atomic E-state index is 12.7. The van der Waals surface area contributed by atoms with Crippen LogP contribution >= 0.6 is 0 Å². The van der Waals surface area contributed by atoms with Crippen LogP contribution in [0.3, 0.4) is 0 Å². The minimum Gasteiger partial charge on any atom is -0.480 e. The van der Waals surface area contributed by atoms with Crippen LogP contribution in [0, 0.1) is 5.41 Å². The molecule has 1 aliphatic heterocycles. The summed E-state index contributed by atoms with van der Waals surface area (Å²) >= 11 is 0. The molecule has 2 N–H and O–H groups in total. The van der Waals surface area contributed by atoms with Gasteiger partial charge in [0, 0.05) is 30.3 Å². The summed E-state index contributed by atoms with van der Waals surface area (Å²) in [6.07, 6.45) is 0.00101. The van der Waals surface area contributed by atoms with Crippen LogP contribution < -0.4 is 5.32 Å². The lowest BCUT2D eigenvalue weighted by molar-refractivity contribution is -0.172. The number of hydrogen-bond acceptors (Lipinski definition) is 4. The average molecular weight is 451 g/mol. The molecule has 2 amide bonds. The minimum atomic E-state index is -1.00. The van der Waals surface area contributed by atoms with Gasteiger partial charge in [0.05, 0.1) is 0 Å². The number of aliphatic carboxylic acids is 1. The highest BCUT2D eigenvalue weighted by molar-refractivity contribution is 5.87. The van der Waals surface area contributed by atoms with Crippen molar-refractivity contribution in [3.63, 3.8) is 0 Å². The van der Waals surface area contributed by atoms with Crippen molar-refractivity contribution >= 4 is 18.0 Å². The molecule has 0 aromatic heterocycles. The topological polar surface area (TPSA) is 95.9 Å². The molecule has 4 rings (SSSR count). The molecule has 33 heavy (non-hydrogen) atoms. The van der Waals surface area contributed by atoms with Crippen LogP contribution in [0.1, 0.15) is 50.7 Å². The fourth-order valence-electron chi connectivity index (χ4n) is 5.06. The van der Waals surface area contributed by atoms with Gasteiger partial charge >= 0.3 is 12.1 Å². The highest BCUT2D eigenvalue weighted by atomic mass is 16.5. The van der Waals surface area contributed by atoms with E-state index in [-0.39, 0.29) is 24.9 Å². The summed E-state index contributed by atoms with van der Waals surface area (Å²) in [6, 6.07) is 15.0. The monoisotopic (exact) mass is 450 g/mol. The Hall–Kier alpha value is -3.35. The van der Waals surface area contributed by atoms with E-state index < -0.39 is 29.6 Å². The minimum absolute atomic E-state index is 0.0375. The maximum Gasteiger partial charge on any atom is 0.407 e. The molecule has 1 fully saturated rings. The van der Waals surface area contributed by atoms with Crippen LogP contribution in [0.15, 0.2) is 48.5 Å².